The van der Waals surface area contributed by atoms with E-state index in [0.29, 0.717) is 18.1 Å². The minimum absolute atomic E-state index is 0.0197. The molecule has 2 heterocycles. The molecule has 0 amide bonds. The van der Waals surface area contributed by atoms with Crippen molar-refractivity contribution in [1.82, 2.24) is 10.1 Å². The van der Waals surface area contributed by atoms with Gasteiger partial charge in [-0.25, -0.2) is 0 Å². The first kappa shape index (κ1) is 11.5. The normalized spacial score (nSPS) is 22.9. The van der Waals surface area contributed by atoms with Crippen LogP contribution in [-0.4, -0.2) is 28.0 Å². The second-order valence-electron chi connectivity index (χ2n) is 4.56. The Labute approximate surface area is 94.8 Å². The van der Waals surface area contributed by atoms with E-state index < -0.39 is 6.10 Å². The van der Waals surface area contributed by atoms with E-state index in [1.54, 1.807) is 0 Å². The topological polar surface area (TPSA) is 68.4 Å². The van der Waals surface area contributed by atoms with Crippen molar-refractivity contribution in [3.05, 3.63) is 11.7 Å². The molecule has 5 nitrogen and oxygen atoms in total. The molecule has 5 heteroatoms. The monoisotopic (exact) mass is 226 g/mol. The Balaban J connectivity index is 1.96. The van der Waals surface area contributed by atoms with Gasteiger partial charge in [-0.2, -0.15) is 4.98 Å². The first-order valence-electron chi connectivity index (χ1n) is 5.79. The summed E-state index contributed by atoms with van der Waals surface area (Å²) in [5, 5.41) is 13.6. The Morgan fingerprint density at radius 2 is 2.31 bits per heavy atom. The van der Waals surface area contributed by atoms with Gasteiger partial charge in [0.25, 0.3) is 0 Å². The van der Waals surface area contributed by atoms with Crippen LogP contribution in [0.2, 0.25) is 0 Å². The summed E-state index contributed by atoms with van der Waals surface area (Å²) in [6.07, 6.45) is 1.96. The molecule has 1 aromatic rings. The standard InChI is InChI=1S/C11H18N2O3/c1-7(2)8(14)6-10-12-11(13-16-10)9-4-3-5-15-9/h7-9,14H,3-6H2,1-2H3. The highest BCUT2D eigenvalue weighted by molar-refractivity contribution is 4.94. The summed E-state index contributed by atoms with van der Waals surface area (Å²) in [5.74, 6) is 1.30. The van der Waals surface area contributed by atoms with Crippen LogP contribution < -0.4 is 0 Å². The van der Waals surface area contributed by atoms with Crippen LogP contribution in [0.4, 0.5) is 0 Å². The number of rotatable bonds is 4. The summed E-state index contributed by atoms with van der Waals surface area (Å²) in [4.78, 5) is 4.25. The van der Waals surface area contributed by atoms with Crippen molar-refractivity contribution in [3.63, 3.8) is 0 Å². The summed E-state index contributed by atoms with van der Waals surface area (Å²) in [6, 6.07) is 0. The number of aromatic nitrogens is 2. The molecule has 0 aliphatic carbocycles. The highest BCUT2D eigenvalue weighted by atomic mass is 16.5. The molecular formula is C11H18N2O3. The molecule has 1 N–H and O–H groups in total. The fraction of sp³-hybridized carbons (Fsp3) is 0.818. The fourth-order valence-corrected chi connectivity index (χ4v) is 1.68. The van der Waals surface area contributed by atoms with Crippen LogP contribution in [0.5, 0.6) is 0 Å². The van der Waals surface area contributed by atoms with Crippen molar-refractivity contribution >= 4 is 0 Å². The smallest absolute Gasteiger partial charge is 0.229 e. The SMILES string of the molecule is CC(C)C(O)Cc1nc(C2CCCO2)no1. The van der Waals surface area contributed by atoms with E-state index in [1.165, 1.54) is 0 Å². The van der Waals surface area contributed by atoms with Crippen molar-refractivity contribution in [3.8, 4) is 0 Å². The van der Waals surface area contributed by atoms with E-state index in [9.17, 15) is 5.11 Å². The van der Waals surface area contributed by atoms with E-state index in [1.807, 2.05) is 13.8 Å². The van der Waals surface area contributed by atoms with E-state index in [-0.39, 0.29) is 12.0 Å². The molecule has 16 heavy (non-hydrogen) atoms. The van der Waals surface area contributed by atoms with E-state index in [4.69, 9.17) is 9.26 Å². The maximum atomic E-state index is 9.70. The van der Waals surface area contributed by atoms with Crippen LogP contribution in [0.3, 0.4) is 0 Å². The van der Waals surface area contributed by atoms with Crippen LogP contribution in [0.1, 0.15) is 44.5 Å². The minimum Gasteiger partial charge on any atom is -0.392 e. The molecule has 0 aromatic carbocycles. The number of hydrogen-bond donors (Lipinski definition) is 1. The average Bonchev–Trinajstić information content (AvgIpc) is 2.85. The number of nitrogens with zero attached hydrogens (tertiary/aromatic N) is 2. The van der Waals surface area contributed by atoms with E-state index in [2.05, 4.69) is 10.1 Å². The quantitative estimate of drug-likeness (QED) is 0.842. The molecule has 1 fully saturated rings. The first-order chi connectivity index (χ1) is 7.66. The third kappa shape index (κ3) is 2.59. The first-order valence-corrected chi connectivity index (χ1v) is 5.79. The van der Waals surface area contributed by atoms with Crippen molar-refractivity contribution < 1.29 is 14.4 Å². The fourth-order valence-electron chi connectivity index (χ4n) is 1.68. The lowest BCUT2D eigenvalue weighted by atomic mass is 10.0. The van der Waals surface area contributed by atoms with Crippen LogP contribution in [0, 0.1) is 5.92 Å². The van der Waals surface area contributed by atoms with Crippen molar-refractivity contribution in [2.75, 3.05) is 6.61 Å². The Kier molecular flexibility index (Phi) is 3.56. The molecule has 2 atom stereocenters. The van der Waals surface area contributed by atoms with Gasteiger partial charge in [0, 0.05) is 6.61 Å². The Morgan fingerprint density at radius 3 is 2.94 bits per heavy atom. The summed E-state index contributed by atoms with van der Waals surface area (Å²) < 4.78 is 10.6. The summed E-state index contributed by atoms with van der Waals surface area (Å²) in [5.41, 5.74) is 0. The van der Waals surface area contributed by atoms with Crippen molar-refractivity contribution in [1.29, 1.82) is 0 Å². The molecule has 90 valence electrons. The van der Waals surface area contributed by atoms with Crippen LogP contribution in [0.15, 0.2) is 4.52 Å². The van der Waals surface area contributed by atoms with Gasteiger partial charge in [0.1, 0.15) is 6.10 Å². The molecule has 2 rings (SSSR count). The van der Waals surface area contributed by atoms with E-state index in [0.717, 1.165) is 19.4 Å². The lowest BCUT2D eigenvalue weighted by Crippen LogP contribution is -2.17. The number of aliphatic hydroxyl groups excluding tert-OH is 1. The Bertz CT molecular complexity index is 332. The van der Waals surface area contributed by atoms with Crippen molar-refractivity contribution in [2.45, 2.75) is 45.3 Å². The van der Waals surface area contributed by atoms with Gasteiger partial charge in [-0.1, -0.05) is 19.0 Å². The lowest BCUT2D eigenvalue weighted by molar-refractivity contribution is 0.102. The minimum atomic E-state index is -0.433. The van der Waals surface area contributed by atoms with Gasteiger partial charge in [0.15, 0.2) is 0 Å². The average molecular weight is 226 g/mol. The summed E-state index contributed by atoms with van der Waals surface area (Å²) in [6.45, 7) is 4.69. The van der Waals surface area contributed by atoms with Gasteiger partial charge >= 0.3 is 0 Å². The molecule has 0 radical (unpaired) electrons. The second-order valence-corrected chi connectivity index (χ2v) is 4.56. The zero-order valence-electron chi connectivity index (χ0n) is 9.72. The third-order valence-electron chi connectivity index (χ3n) is 2.85. The number of ether oxygens (including phenoxy) is 1. The predicted molar refractivity (Wildman–Crippen MR) is 56.8 cm³/mol. The van der Waals surface area contributed by atoms with Crippen molar-refractivity contribution in [2.24, 2.45) is 5.92 Å². The molecule has 0 spiro atoms. The molecule has 1 aliphatic rings. The van der Waals surface area contributed by atoms with E-state index >= 15 is 0 Å². The Hall–Kier alpha value is -0.940. The highest BCUT2D eigenvalue weighted by Gasteiger charge is 2.24. The van der Waals surface area contributed by atoms with Crippen LogP contribution in [0.25, 0.3) is 0 Å². The predicted octanol–water partition coefficient (Wildman–Crippen LogP) is 1.48. The second kappa shape index (κ2) is 4.93. The van der Waals surface area contributed by atoms with Gasteiger partial charge in [0.2, 0.25) is 11.7 Å². The molecular weight excluding hydrogens is 208 g/mol. The van der Waals surface area contributed by atoms with Gasteiger partial charge in [-0.05, 0) is 18.8 Å². The van der Waals surface area contributed by atoms with Crippen LogP contribution >= 0.6 is 0 Å². The Morgan fingerprint density at radius 1 is 1.50 bits per heavy atom. The highest BCUT2D eigenvalue weighted by Crippen LogP contribution is 2.26. The zero-order chi connectivity index (χ0) is 11.5. The number of aliphatic hydroxyl groups is 1. The van der Waals surface area contributed by atoms with Gasteiger partial charge in [-0.3, -0.25) is 0 Å². The maximum Gasteiger partial charge on any atom is 0.229 e. The van der Waals surface area contributed by atoms with Gasteiger partial charge < -0.3 is 14.4 Å². The largest absolute Gasteiger partial charge is 0.392 e. The van der Waals surface area contributed by atoms with Gasteiger partial charge in [0.05, 0.1) is 12.5 Å². The molecule has 1 aliphatic heterocycles. The zero-order valence-corrected chi connectivity index (χ0v) is 9.72. The summed E-state index contributed by atoms with van der Waals surface area (Å²) in [7, 11) is 0. The molecule has 2 unspecified atom stereocenters. The molecule has 0 saturated carbocycles. The molecule has 0 bridgehead atoms. The lowest BCUT2D eigenvalue weighted by Gasteiger charge is -2.10. The molecule has 1 saturated heterocycles. The van der Waals surface area contributed by atoms with Gasteiger partial charge in [-0.15, -0.1) is 0 Å². The van der Waals surface area contributed by atoms with Crippen LogP contribution in [-0.2, 0) is 11.2 Å². The molecule has 1 aromatic heterocycles. The third-order valence-corrected chi connectivity index (χ3v) is 2.85. The summed E-state index contributed by atoms with van der Waals surface area (Å²) >= 11 is 0. The maximum absolute atomic E-state index is 9.70. The number of hydrogen-bond acceptors (Lipinski definition) is 5.